The van der Waals surface area contributed by atoms with Crippen LogP contribution in [0.4, 0.5) is 5.69 Å². The lowest BCUT2D eigenvalue weighted by molar-refractivity contribution is -0.120. The predicted molar refractivity (Wildman–Crippen MR) is 110 cm³/mol. The van der Waals surface area contributed by atoms with Gasteiger partial charge in [-0.05, 0) is 29.8 Å². The molecule has 3 aromatic rings. The highest BCUT2D eigenvalue weighted by atomic mass is 16.3. The van der Waals surface area contributed by atoms with E-state index in [1.54, 1.807) is 30.3 Å². The Bertz CT molecular complexity index is 979. The molecule has 2 amide bonds. The van der Waals surface area contributed by atoms with Crippen molar-refractivity contribution in [2.75, 3.05) is 25.0 Å². The summed E-state index contributed by atoms with van der Waals surface area (Å²) in [6, 6.07) is 16.3. The summed E-state index contributed by atoms with van der Waals surface area (Å²) in [6.07, 6.45) is -0.168. The van der Waals surface area contributed by atoms with Gasteiger partial charge >= 0.3 is 0 Å². The molecule has 0 bridgehead atoms. The molecule has 1 aliphatic heterocycles. The normalized spacial score (nSPS) is 18.7. The molecule has 4 N–H and O–H groups in total. The fourth-order valence-electron chi connectivity index (χ4n) is 3.41. The monoisotopic (exact) mass is 393 g/mol. The molecular weight excluding hydrogens is 370 g/mol. The smallest absolute Gasteiger partial charge is 0.291 e. The molecule has 0 saturated carbocycles. The zero-order valence-electron chi connectivity index (χ0n) is 15.9. The summed E-state index contributed by atoms with van der Waals surface area (Å²) in [5.41, 5.74) is 2.13. The molecule has 2 atom stereocenters. The maximum Gasteiger partial charge on any atom is 0.291 e. The van der Waals surface area contributed by atoms with Gasteiger partial charge in [0.2, 0.25) is 5.91 Å². The number of para-hydroxylation sites is 1. The van der Waals surface area contributed by atoms with Crippen molar-refractivity contribution in [3.63, 3.8) is 0 Å². The van der Waals surface area contributed by atoms with Crippen molar-refractivity contribution < 1.29 is 19.1 Å². The van der Waals surface area contributed by atoms with E-state index in [1.807, 2.05) is 24.3 Å². The number of anilines is 1. The Morgan fingerprint density at radius 1 is 1.10 bits per heavy atom. The fraction of sp³-hybridized carbons (Fsp3) is 0.273. The molecule has 2 heterocycles. The molecule has 7 heteroatoms. The molecule has 4 rings (SSSR count). The van der Waals surface area contributed by atoms with Crippen molar-refractivity contribution in [2.45, 2.75) is 12.5 Å². The van der Waals surface area contributed by atoms with Crippen LogP contribution in [0, 0.1) is 5.92 Å². The highest BCUT2D eigenvalue weighted by Crippen LogP contribution is 2.20. The van der Waals surface area contributed by atoms with Gasteiger partial charge in [-0.2, -0.15) is 0 Å². The summed E-state index contributed by atoms with van der Waals surface area (Å²) in [4.78, 5) is 24.5. The minimum Gasteiger partial charge on any atom is -0.451 e. The molecule has 1 aliphatic rings. The summed E-state index contributed by atoms with van der Waals surface area (Å²) in [5, 5.41) is 19.4. The van der Waals surface area contributed by atoms with Crippen LogP contribution >= 0.6 is 0 Å². The molecule has 1 saturated heterocycles. The Morgan fingerprint density at radius 3 is 2.62 bits per heavy atom. The highest BCUT2D eigenvalue weighted by Gasteiger charge is 2.24. The van der Waals surface area contributed by atoms with E-state index in [-0.39, 0.29) is 29.9 Å². The van der Waals surface area contributed by atoms with Crippen LogP contribution in [0.3, 0.4) is 0 Å². The number of rotatable bonds is 6. The predicted octanol–water partition coefficient (Wildman–Crippen LogP) is 1.92. The number of hydrogen-bond donors (Lipinski definition) is 4. The summed E-state index contributed by atoms with van der Waals surface area (Å²) < 4.78 is 5.57. The van der Waals surface area contributed by atoms with Gasteiger partial charge in [0.15, 0.2) is 5.76 Å². The first-order valence-electron chi connectivity index (χ1n) is 9.63. The zero-order valence-corrected chi connectivity index (χ0v) is 15.9. The van der Waals surface area contributed by atoms with Crippen molar-refractivity contribution in [1.82, 2.24) is 10.6 Å². The van der Waals surface area contributed by atoms with Crippen LogP contribution in [0.1, 0.15) is 16.1 Å². The van der Waals surface area contributed by atoms with Gasteiger partial charge in [0, 0.05) is 36.6 Å². The topological polar surface area (TPSA) is 104 Å². The van der Waals surface area contributed by atoms with Gasteiger partial charge in [0.1, 0.15) is 5.58 Å². The molecule has 0 aliphatic carbocycles. The van der Waals surface area contributed by atoms with Crippen molar-refractivity contribution >= 4 is 28.5 Å². The van der Waals surface area contributed by atoms with Crippen LogP contribution in [-0.4, -0.2) is 42.7 Å². The van der Waals surface area contributed by atoms with Crippen LogP contribution in [-0.2, 0) is 11.2 Å². The summed E-state index contributed by atoms with van der Waals surface area (Å²) in [7, 11) is 0. The second-order valence-electron chi connectivity index (χ2n) is 7.27. The number of benzene rings is 2. The van der Waals surface area contributed by atoms with Crippen molar-refractivity contribution in [3.8, 4) is 0 Å². The first-order valence-corrected chi connectivity index (χ1v) is 9.63. The molecular formula is C22H23N3O4. The third-order valence-corrected chi connectivity index (χ3v) is 5.09. The Labute approximate surface area is 168 Å². The van der Waals surface area contributed by atoms with Crippen molar-refractivity contribution in [3.05, 3.63) is 65.9 Å². The number of fused-ring (bicyclic) bond motifs is 1. The Morgan fingerprint density at radius 2 is 1.90 bits per heavy atom. The molecule has 7 nitrogen and oxygen atoms in total. The van der Waals surface area contributed by atoms with Gasteiger partial charge < -0.3 is 25.5 Å². The van der Waals surface area contributed by atoms with Crippen LogP contribution in [0.2, 0.25) is 0 Å². The van der Waals surface area contributed by atoms with E-state index in [1.165, 1.54) is 0 Å². The lowest BCUT2D eigenvalue weighted by atomic mass is 10.1. The van der Waals surface area contributed by atoms with Crippen LogP contribution < -0.4 is 16.0 Å². The van der Waals surface area contributed by atoms with Crippen LogP contribution in [0.25, 0.3) is 11.0 Å². The Hall–Kier alpha value is -3.16. The van der Waals surface area contributed by atoms with E-state index in [9.17, 15) is 14.7 Å². The number of β-amino-alcohol motifs (C(OH)–C–C–N with tert-alkyl or cyclic N) is 1. The SMILES string of the molecule is O=C(Cc1ccc(NC(=O)c2cc3ccccc3o2)cc1)NCC1CNCC1O. The van der Waals surface area contributed by atoms with Crippen LogP contribution in [0.5, 0.6) is 0 Å². The summed E-state index contributed by atoms with van der Waals surface area (Å²) in [5.74, 6) is -0.119. The third-order valence-electron chi connectivity index (χ3n) is 5.09. The number of nitrogens with one attached hydrogen (secondary N) is 3. The second kappa shape index (κ2) is 8.46. The number of furan rings is 1. The first-order chi connectivity index (χ1) is 14.1. The molecule has 150 valence electrons. The van der Waals surface area contributed by atoms with Gasteiger partial charge in [-0.1, -0.05) is 30.3 Å². The van der Waals surface area contributed by atoms with E-state index >= 15 is 0 Å². The zero-order chi connectivity index (χ0) is 20.2. The number of aliphatic hydroxyl groups excluding tert-OH is 1. The van der Waals surface area contributed by atoms with E-state index in [0.717, 1.165) is 10.9 Å². The maximum atomic E-state index is 12.4. The quantitative estimate of drug-likeness (QED) is 0.512. The highest BCUT2D eigenvalue weighted by molar-refractivity contribution is 6.04. The Kier molecular flexibility index (Phi) is 5.59. The maximum absolute atomic E-state index is 12.4. The van der Waals surface area contributed by atoms with Crippen molar-refractivity contribution in [1.29, 1.82) is 0 Å². The molecule has 0 spiro atoms. The Balaban J connectivity index is 1.30. The lowest BCUT2D eigenvalue weighted by Crippen LogP contribution is -2.35. The first kappa shape index (κ1) is 19.2. The molecule has 2 aromatic carbocycles. The standard InChI is InChI=1S/C22H23N3O4/c26-18-13-23-11-16(18)12-24-21(27)9-14-5-7-17(8-6-14)25-22(28)20-10-15-3-1-2-4-19(15)29-20/h1-8,10,16,18,23,26H,9,11-13H2,(H,24,27)(H,25,28). The van der Waals surface area contributed by atoms with E-state index in [4.69, 9.17) is 4.42 Å². The average Bonchev–Trinajstić information content (AvgIpc) is 3.34. The molecule has 2 unspecified atom stereocenters. The molecule has 29 heavy (non-hydrogen) atoms. The van der Waals surface area contributed by atoms with Gasteiger partial charge in [-0.15, -0.1) is 0 Å². The average molecular weight is 393 g/mol. The number of hydrogen-bond acceptors (Lipinski definition) is 5. The number of carbonyl (C=O) groups excluding carboxylic acids is 2. The van der Waals surface area contributed by atoms with Gasteiger partial charge in [-0.25, -0.2) is 0 Å². The molecule has 0 radical (unpaired) electrons. The fourth-order valence-corrected chi connectivity index (χ4v) is 3.41. The van der Waals surface area contributed by atoms with E-state index in [0.29, 0.717) is 30.9 Å². The largest absolute Gasteiger partial charge is 0.451 e. The second-order valence-corrected chi connectivity index (χ2v) is 7.27. The third kappa shape index (κ3) is 4.64. The van der Waals surface area contributed by atoms with Gasteiger partial charge in [0.25, 0.3) is 5.91 Å². The van der Waals surface area contributed by atoms with Crippen LogP contribution in [0.15, 0.2) is 59.0 Å². The lowest BCUT2D eigenvalue weighted by Gasteiger charge is -2.14. The van der Waals surface area contributed by atoms with Crippen molar-refractivity contribution in [2.24, 2.45) is 5.92 Å². The molecule has 1 aromatic heterocycles. The van der Waals surface area contributed by atoms with Gasteiger partial charge in [-0.3, -0.25) is 9.59 Å². The van der Waals surface area contributed by atoms with E-state index in [2.05, 4.69) is 16.0 Å². The minimum atomic E-state index is -0.412. The number of aliphatic hydroxyl groups is 1. The van der Waals surface area contributed by atoms with Gasteiger partial charge in [0.05, 0.1) is 12.5 Å². The summed E-state index contributed by atoms with van der Waals surface area (Å²) >= 11 is 0. The van der Waals surface area contributed by atoms with E-state index < -0.39 is 6.10 Å². The summed E-state index contributed by atoms with van der Waals surface area (Å²) in [6.45, 7) is 1.74. The number of carbonyl (C=O) groups is 2. The molecule has 1 fully saturated rings. The minimum absolute atomic E-state index is 0.0507. The number of amides is 2.